The molecule has 19 heavy (non-hydrogen) atoms. The van der Waals surface area contributed by atoms with Gasteiger partial charge in [0, 0.05) is 18.4 Å². The topological polar surface area (TPSA) is 49.7 Å². The van der Waals surface area contributed by atoms with E-state index < -0.39 is 5.60 Å². The molecule has 2 aliphatic rings. The van der Waals surface area contributed by atoms with Gasteiger partial charge in [0.2, 0.25) is 0 Å². The smallest absolute Gasteiger partial charge is 0.114 e. The molecule has 1 saturated carbocycles. The molecule has 0 spiro atoms. The molecule has 2 aliphatic carbocycles. The third kappa shape index (κ3) is 1.90. The molecule has 0 bridgehead atoms. The van der Waals surface area contributed by atoms with Gasteiger partial charge in [-0.1, -0.05) is 33.3 Å². The maximum absolute atomic E-state index is 11.1. The first-order chi connectivity index (χ1) is 8.73. The zero-order chi connectivity index (χ0) is 14.5. The van der Waals surface area contributed by atoms with Gasteiger partial charge in [0.25, 0.3) is 0 Å². The minimum absolute atomic E-state index is 0.0205. The van der Waals surface area contributed by atoms with E-state index in [0.717, 1.165) is 24.8 Å². The first-order valence-electron chi connectivity index (χ1n) is 7.28. The molecule has 0 amide bonds. The molecule has 2 N–H and O–H groups in total. The Morgan fingerprint density at radius 2 is 1.95 bits per heavy atom. The van der Waals surface area contributed by atoms with Gasteiger partial charge in [-0.3, -0.25) is 0 Å². The van der Waals surface area contributed by atoms with Crippen molar-refractivity contribution in [2.75, 3.05) is 13.7 Å². The Balaban J connectivity index is 2.60. The molecular formula is C16H28O3. The SMILES string of the molecule is CO[C@H]1C=C(C)[C@](O)(CO)[C@@]2(C)CCCC(C)(C)[C@H]12. The van der Waals surface area contributed by atoms with E-state index in [9.17, 15) is 10.2 Å². The lowest BCUT2D eigenvalue weighted by Gasteiger charge is -2.61. The first kappa shape index (κ1) is 15.0. The van der Waals surface area contributed by atoms with Crippen molar-refractivity contribution in [3.63, 3.8) is 0 Å². The summed E-state index contributed by atoms with van der Waals surface area (Å²) in [6.45, 7) is 8.33. The van der Waals surface area contributed by atoms with E-state index in [-0.39, 0.29) is 29.5 Å². The largest absolute Gasteiger partial charge is 0.393 e. The number of hydrogen-bond donors (Lipinski definition) is 2. The number of rotatable bonds is 2. The van der Waals surface area contributed by atoms with Crippen molar-refractivity contribution < 1.29 is 14.9 Å². The van der Waals surface area contributed by atoms with Crippen molar-refractivity contribution >= 4 is 0 Å². The molecule has 0 saturated heterocycles. The zero-order valence-electron chi connectivity index (χ0n) is 12.9. The second kappa shape index (κ2) is 4.57. The van der Waals surface area contributed by atoms with Crippen LogP contribution in [0, 0.1) is 16.7 Å². The summed E-state index contributed by atoms with van der Waals surface area (Å²) < 4.78 is 5.70. The molecule has 4 atom stereocenters. The first-order valence-corrected chi connectivity index (χ1v) is 7.28. The van der Waals surface area contributed by atoms with Crippen LogP contribution < -0.4 is 0 Å². The van der Waals surface area contributed by atoms with Crippen molar-refractivity contribution in [1.29, 1.82) is 0 Å². The van der Waals surface area contributed by atoms with Gasteiger partial charge in [0.05, 0.1) is 12.7 Å². The van der Waals surface area contributed by atoms with E-state index >= 15 is 0 Å². The summed E-state index contributed by atoms with van der Waals surface area (Å²) in [6, 6.07) is 0. The lowest BCUT2D eigenvalue weighted by molar-refractivity contribution is -0.190. The number of hydrogen-bond acceptors (Lipinski definition) is 3. The second-order valence-corrected chi connectivity index (χ2v) is 7.31. The van der Waals surface area contributed by atoms with Crippen LogP contribution in [0.15, 0.2) is 11.6 Å². The summed E-state index contributed by atoms with van der Waals surface area (Å²) in [5, 5.41) is 20.9. The highest BCUT2D eigenvalue weighted by molar-refractivity contribution is 5.30. The fourth-order valence-electron chi connectivity index (χ4n) is 4.80. The molecule has 0 aromatic heterocycles. The Kier molecular flexibility index (Phi) is 3.62. The molecular weight excluding hydrogens is 240 g/mol. The molecule has 3 heteroatoms. The highest BCUT2D eigenvalue weighted by atomic mass is 16.5. The second-order valence-electron chi connectivity index (χ2n) is 7.31. The number of ether oxygens (including phenoxy) is 1. The molecule has 0 radical (unpaired) electrons. The quantitative estimate of drug-likeness (QED) is 0.757. The maximum Gasteiger partial charge on any atom is 0.114 e. The summed E-state index contributed by atoms with van der Waals surface area (Å²) in [7, 11) is 1.74. The Bertz CT molecular complexity index is 387. The van der Waals surface area contributed by atoms with Gasteiger partial charge in [-0.05, 0) is 30.8 Å². The van der Waals surface area contributed by atoms with Crippen LogP contribution in [0.2, 0.25) is 0 Å². The van der Waals surface area contributed by atoms with Gasteiger partial charge in [0.1, 0.15) is 5.60 Å². The van der Waals surface area contributed by atoms with Crippen molar-refractivity contribution in [3.8, 4) is 0 Å². The average Bonchev–Trinajstić information content (AvgIpc) is 2.33. The Morgan fingerprint density at radius 3 is 2.47 bits per heavy atom. The third-order valence-electron chi connectivity index (χ3n) is 5.89. The van der Waals surface area contributed by atoms with E-state index in [1.54, 1.807) is 7.11 Å². The van der Waals surface area contributed by atoms with Gasteiger partial charge < -0.3 is 14.9 Å². The minimum atomic E-state index is -1.12. The highest BCUT2D eigenvalue weighted by Gasteiger charge is 2.62. The standard InChI is InChI=1S/C16H28O3/c1-11-9-12(19-5)13-14(2,3)7-6-8-15(13,4)16(11,18)10-17/h9,12-13,17-18H,6-8,10H2,1-5H3/t12-,13-,15-,16+/m0/s1. The monoisotopic (exact) mass is 268 g/mol. The minimum Gasteiger partial charge on any atom is -0.393 e. The van der Waals surface area contributed by atoms with Crippen LogP contribution in [-0.4, -0.2) is 35.6 Å². The fraction of sp³-hybridized carbons (Fsp3) is 0.875. The van der Waals surface area contributed by atoms with E-state index in [0.29, 0.717) is 0 Å². The third-order valence-corrected chi connectivity index (χ3v) is 5.89. The average molecular weight is 268 g/mol. The lowest BCUT2D eigenvalue weighted by Crippen LogP contribution is -2.64. The molecule has 0 unspecified atom stereocenters. The lowest BCUT2D eigenvalue weighted by atomic mass is 9.46. The van der Waals surface area contributed by atoms with E-state index in [1.807, 2.05) is 13.0 Å². The molecule has 0 aliphatic heterocycles. The van der Waals surface area contributed by atoms with Crippen LogP contribution in [0.1, 0.15) is 47.0 Å². The van der Waals surface area contributed by atoms with E-state index in [2.05, 4.69) is 20.8 Å². The van der Waals surface area contributed by atoms with Crippen molar-refractivity contribution in [2.45, 2.75) is 58.7 Å². The Morgan fingerprint density at radius 1 is 1.32 bits per heavy atom. The van der Waals surface area contributed by atoms with E-state index in [1.165, 1.54) is 0 Å². The summed E-state index contributed by atoms with van der Waals surface area (Å²) >= 11 is 0. The number of aliphatic hydroxyl groups is 2. The van der Waals surface area contributed by atoms with Gasteiger partial charge in [-0.25, -0.2) is 0 Å². The molecule has 0 aromatic rings. The van der Waals surface area contributed by atoms with Gasteiger partial charge in [-0.2, -0.15) is 0 Å². The Labute approximate surface area is 116 Å². The van der Waals surface area contributed by atoms with Gasteiger partial charge in [-0.15, -0.1) is 0 Å². The summed E-state index contributed by atoms with van der Waals surface area (Å²) in [4.78, 5) is 0. The normalized spacial score (nSPS) is 45.5. The van der Waals surface area contributed by atoms with Crippen LogP contribution >= 0.6 is 0 Å². The number of fused-ring (bicyclic) bond motifs is 1. The molecule has 3 nitrogen and oxygen atoms in total. The van der Waals surface area contributed by atoms with Crippen LogP contribution in [0.4, 0.5) is 0 Å². The Hall–Kier alpha value is -0.380. The van der Waals surface area contributed by atoms with Crippen LogP contribution in [0.3, 0.4) is 0 Å². The predicted octanol–water partition coefficient (Wildman–Crippen LogP) is 2.52. The van der Waals surface area contributed by atoms with Crippen LogP contribution in [0.25, 0.3) is 0 Å². The van der Waals surface area contributed by atoms with Crippen molar-refractivity contribution in [2.24, 2.45) is 16.7 Å². The summed E-state index contributed by atoms with van der Waals surface area (Å²) in [5.41, 5.74) is -0.500. The predicted molar refractivity (Wildman–Crippen MR) is 75.8 cm³/mol. The number of methoxy groups -OCH3 is 1. The van der Waals surface area contributed by atoms with Crippen LogP contribution in [0.5, 0.6) is 0 Å². The summed E-state index contributed by atoms with van der Waals surface area (Å²) in [5.74, 6) is 0.222. The highest BCUT2D eigenvalue weighted by Crippen LogP contribution is 2.61. The molecule has 2 rings (SSSR count). The fourth-order valence-corrected chi connectivity index (χ4v) is 4.80. The zero-order valence-corrected chi connectivity index (χ0v) is 12.9. The van der Waals surface area contributed by atoms with Crippen LogP contribution in [-0.2, 0) is 4.74 Å². The molecule has 110 valence electrons. The molecule has 0 aromatic carbocycles. The van der Waals surface area contributed by atoms with Crippen molar-refractivity contribution in [3.05, 3.63) is 11.6 Å². The van der Waals surface area contributed by atoms with Gasteiger partial charge >= 0.3 is 0 Å². The maximum atomic E-state index is 11.1. The van der Waals surface area contributed by atoms with Gasteiger partial charge in [0.15, 0.2) is 0 Å². The van der Waals surface area contributed by atoms with E-state index in [4.69, 9.17) is 4.74 Å². The summed E-state index contributed by atoms with van der Waals surface area (Å²) in [6.07, 6.45) is 5.19. The van der Waals surface area contributed by atoms with Crippen molar-refractivity contribution in [1.82, 2.24) is 0 Å². The molecule has 1 fully saturated rings. The molecule has 0 heterocycles. The number of aliphatic hydroxyl groups excluding tert-OH is 1.